The van der Waals surface area contributed by atoms with Crippen molar-refractivity contribution in [3.8, 4) is 0 Å². The molecule has 0 aliphatic carbocycles. The zero-order valence-corrected chi connectivity index (χ0v) is 20.2. The second-order valence-electron chi connectivity index (χ2n) is 9.20. The number of urea groups is 1. The Labute approximate surface area is 192 Å². The number of likely N-dealkylation sites (tertiary alicyclic amines) is 1. The van der Waals surface area contributed by atoms with Crippen LogP contribution in [0, 0.1) is 5.92 Å². The number of hydrogen-bond donors (Lipinski definition) is 1. The van der Waals surface area contributed by atoms with Crippen LogP contribution in [0.25, 0.3) is 0 Å². The Balaban J connectivity index is 1.83. The SMILES string of the molecule is CCOCCOCc1cccc(NC(=O)N2CCCC(CN(C)C(=O)OC(C)(C)C)C2)c1. The molecule has 1 aromatic carbocycles. The number of carbonyl (C=O) groups excluding carboxylic acids is 2. The molecule has 8 nitrogen and oxygen atoms in total. The number of nitrogens with one attached hydrogen (secondary N) is 1. The van der Waals surface area contributed by atoms with Gasteiger partial charge in [0.25, 0.3) is 0 Å². The van der Waals surface area contributed by atoms with Crippen molar-refractivity contribution in [1.82, 2.24) is 9.80 Å². The average Bonchev–Trinajstić information content (AvgIpc) is 2.73. The molecule has 0 radical (unpaired) electrons. The minimum atomic E-state index is -0.521. The van der Waals surface area contributed by atoms with E-state index < -0.39 is 5.60 Å². The maximum atomic E-state index is 12.8. The van der Waals surface area contributed by atoms with Crippen LogP contribution in [-0.2, 0) is 20.8 Å². The van der Waals surface area contributed by atoms with E-state index in [4.69, 9.17) is 14.2 Å². The van der Waals surface area contributed by atoms with Crippen LogP contribution in [0.1, 0.15) is 46.1 Å². The molecule has 3 amide bonds. The molecule has 1 unspecified atom stereocenters. The Bertz CT molecular complexity index is 735. The number of nitrogens with zero attached hydrogens (tertiary/aromatic N) is 2. The van der Waals surface area contributed by atoms with Gasteiger partial charge < -0.3 is 29.3 Å². The van der Waals surface area contributed by atoms with E-state index >= 15 is 0 Å². The predicted molar refractivity (Wildman–Crippen MR) is 125 cm³/mol. The molecule has 8 heteroatoms. The van der Waals surface area contributed by atoms with Gasteiger partial charge in [0, 0.05) is 39.0 Å². The predicted octanol–water partition coefficient (Wildman–Crippen LogP) is 4.35. The molecular weight excluding hydrogens is 410 g/mol. The Morgan fingerprint density at radius 2 is 1.97 bits per heavy atom. The molecule has 1 fully saturated rings. The van der Waals surface area contributed by atoms with Gasteiger partial charge in [-0.3, -0.25) is 0 Å². The molecule has 1 heterocycles. The molecule has 1 aromatic rings. The van der Waals surface area contributed by atoms with Crippen LogP contribution in [-0.4, -0.2) is 74.0 Å². The molecule has 0 bridgehead atoms. The highest BCUT2D eigenvalue weighted by atomic mass is 16.6. The van der Waals surface area contributed by atoms with Gasteiger partial charge >= 0.3 is 12.1 Å². The normalized spacial score (nSPS) is 16.5. The van der Waals surface area contributed by atoms with E-state index in [1.807, 2.05) is 56.9 Å². The van der Waals surface area contributed by atoms with Crippen molar-refractivity contribution < 1.29 is 23.8 Å². The minimum absolute atomic E-state index is 0.121. The van der Waals surface area contributed by atoms with Crippen LogP contribution in [0.4, 0.5) is 15.3 Å². The zero-order valence-electron chi connectivity index (χ0n) is 20.2. The summed E-state index contributed by atoms with van der Waals surface area (Å²) in [5.41, 5.74) is 1.22. The third-order valence-corrected chi connectivity index (χ3v) is 5.07. The van der Waals surface area contributed by atoms with Crippen molar-refractivity contribution in [2.75, 3.05) is 51.8 Å². The summed E-state index contributed by atoms with van der Waals surface area (Å²) in [4.78, 5) is 28.5. The first-order valence-electron chi connectivity index (χ1n) is 11.4. The third-order valence-electron chi connectivity index (χ3n) is 5.07. The Morgan fingerprint density at radius 3 is 2.69 bits per heavy atom. The van der Waals surface area contributed by atoms with E-state index in [1.54, 1.807) is 11.9 Å². The molecule has 1 atom stereocenters. The van der Waals surface area contributed by atoms with E-state index in [0.717, 1.165) is 24.1 Å². The van der Waals surface area contributed by atoms with Gasteiger partial charge in [-0.2, -0.15) is 0 Å². The van der Waals surface area contributed by atoms with Gasteiger partial charge in [0.2, 0.25) is 0 Å². The lowest BCUT2D eigenvalue weighted by molar-refractivity contribution is 0.0253. The van der Waals surface area contributed by atoms with Gasteiger partial charge in [-0.05, 0) is 64.2 Å². The maximum absolute atomic E-state index is 12.8. The van der Waals surface area contributed by atoms with Crippen LogP contribution in [0.3, 0.4) is 0 Å². The molecule has 1 aliphatic rings. The molecule has 0 aromatic heterocycles. The summed E-state index contributed by atoms with van der Waals surface area (Å²) in [6.45, 7) is 11.7. The van der Waals surface area contributed by atoms with Crippen molar-refractivity contribution in [3.63, 3.8) is 0 Å². The topological polar surface area (TPSA) is 80.3 Å². The largest absolute Gasteiger partial charge is 0.444 e. The second-order valence-corrected chi connectivity index (χ2v) is 9.20. The number of benzene rings is 1. The van der Waals surface area contributed by atoms with Crippen molar-refractivity contribution in [1.29, 1.82) is 0 Å². The summed E-state index contributed by atoms with van der Waals surface area (Å²) in [6.07, 6.45) is 1.55. The van der Waals surface area contributed by atoms with Gasteiger partial charge in [-0.1, -0.05) is 12.1 Å². The van der Waals surface area contributed by atoms with Crippen LogP contribution >= 0.6 is 0 Å². The summed E-state index contributed by atoms with van der Waals surface area (Å²) < 4.78 is 16.3. The van der Waals surface area contributed by atoms with Crippen LogP contribution in [0.5, 0.6) is 0 Å². The number of carbonyl (C=O) groups is 2. The summed E-state index contributed by atoms with van der Waals surface area (Å²) in [5.74, 6) is 0.220. The highest BCUT2D eigenvalue weighted by Crippen LogP contribution is 2.20. The van der Waals surface area contributed by atoms with Crippen LogP contribution < -0.4 is 5.32 Å². The fourth-order valence-corrected chi connectivity index (χ4v) is 3.59. The molecule has 1 saturated heterocycles. The first kappa shape index (κ1) is 25.9. The zero-order chi connectivity index (χ0) is 23.6. The van der Waals surface area contributed by atoms with Gasteiger partial charge in [0.15, 0.2) is 0 Å². The van der Waals surface area contributed by atoms with Gasteiger partial charge in [0.05, 0.1) is 19.8 Å². The molecule has 180 valence electrons. The first-order valence-corrected chi connectivity index (χ1v) is 11.4. The molecule has 1 N–H and O–H groups in total. The smallest absolute Gasteiger partial charge is 0.410 e. The maximum Gasteiger partial charge on any atom is 0.410 e. The lowest BCUT2D eigenvalue weighted by Gasteiger charge is -2.35. The Kier molecular flexibility index (Phi) is 10.3. The highest BCUT2D eigenvalue weighted by molar-refractivity contribution is 5.89. The fourth-order valence-electron chi connectivity index (χ4n) is 3.59. The number of hydrogen-bond acceptors (Lipinski definition) is 5. The Hall–Kier alpha value is -2.32. The second kappa shape index (κ2) is 12.6. The van der Waals surface area contributed by atoms with Crippen LogP contribution in [0.2, 0.25) is 0 Å². The molecule has 0 saturated carbocycles. The molecule has 32 heavy (non-hydrogen) atoms. The lowest BCUT2D eigenvalue weighted by atomic mass is 9.98. The monoisotopic (exact) mass is 449 g/mol. The van der Waals surface area contributed by atoms with Crippen molar-refractivity contribution in [2.24, 2.45) is 5.92 Å². The van der Waals surface area contributed by atoms with Crippen molar-refractivity contribution in [2.45, 2.75) is 52.7 Å². The van der Waals surface area contributed by atoms with Crippen molar-refractivity contribution in [3.05, 3.63) is 29.8 Å². The highest BCUT2D eigenvalue weighted by Gasteiger charge is 2.27. The third kappa shape index (κ3) is 9.44. The molecular formula is C24H39N3O5. The number of ether oxygens (including phenoxy) is 3. The summed E-state index contributed by atoms with van der Waals surface area (Å²) >= 11 is 0. The molecule has 2 rings (SSSR count). The molecule has 0 spiro atoms. The average molecular weight is 450 g/mol. The summed E-state index contributed by atoms with van der Waals surface area (Å²) in [7, 11) is 1.75. The quantitative estimate of drug-likeness (QED) is 0.567. The number of rotatable bonds is 9. The first-order chi connectivity index (χ1) is 15.2. The number of amides is 3. The van der Waals surface area contributed by atoms with Gasteiger partial charge in [-0.15, -0.1) is 0 Å². The Morgan fingerprint density at radius 1 is 1.22 bits per heavy atom. The van der Waals surface area contributed by atoms with E-state index in [9.17, 15) is 9.59 Å². The van der Waals surface area contributed by atoms with E-state index in [0.29, 0.717) is 46.1 Å². The van der Waals surface area contributed by atoms with Gasteiger partial charge in [-0.25, -0.2) is 9.59 Å². The summed E-state index contributed by atoms with van der Waals surface area (Å²) in [5, 5.41) is 2.99. The number of piperidine rings is 1. The lowest BCUT2D eigenvalue weighted by Crippen LogP contribution is -2.46. The van der Waals surface area contributed by atoms with E-state index in [2.05, 4.69) is 5.32 Å². The molecule has 1 aliphatic heterocycles. The van der Waals surface area contributed by atoms with Crippen molar-refractivity contribution >= 4 is 17.8 Å². The fraction of sp³-hybridized carbons (Fsp3) is 0.667. The van der Waals surface area contributed by atoms with E-state index in [-0.39, 0.29) is 18.0 Å². The minimum Gasteiger partial charge on any atom is -0.444 e. The number of anilines is 1. The van der Waals surface area contributed by atoms with E-state index in [1.165, 1.54) is 0 Å². The standard InChI is InChI=1S/C24H39N3O5/c1-6-30-13-14-31-18-19-9-7-11-21(15-19)25-22(28)27-12-8-10-20(17-27)16-26(5)23(29)32-24(2,3)4/h7,9,11,15,20H,6,8,10,12-14,16-18H2,1-5H3,(H,25,28). The van der Waals surface area contributed by atoms with Crippen LogP contribution in [0.15, 0.2) is 24.3 Å². The summed E-state index contributed by atoms with van der Waals surface area (Å²) in [6, 6.07) is 7.56. The van der Waals surface area contributed by atoms with Gasteiger partial charge in [0.1, 0.15) is 5.60 Å².